The van der Waals surface area contributed by atoms with E-state index in [9.17, 15) is 14.7 Å². The first kappa shape index (κ1) is 32.7. The summed E-state index contributed by atoms with van der Waals surface area (Å²) in [5.41, 5.74) is 9.64. The van der Waals surface area contributed by atoms with Crippen LogP contribution < -0.4 is 30.8 Å². The fraction of sp³-hybridized carbons (Fsp3) is 0.375. The van der Waals surface area contributed by atoms with Gasteiger partial charge in [0.1, 0.15) is 15.1 Å². The summed E-state index contributed by atoms with van der Waals surface area (Å²) in [6.07, 6.45) is 5.09. The Morgan fingerprint density at radius 3 is 2.28 bits per heavy atom. The van der Waals surface area contributed by atoms with E-state index in [0.29, 0.717) is 18.5 Å². The van der Waals surface area contributed by atoms with Crippen molar-refractivity contribution in [1.82, 2.24) is 9.48 Å². The lowest BCUT2D eigenvalue weighted by Gasteiger charge is -2.38. The van der Waals surface area contributed by atoms with E-state index in [2.05, 4.69) is 114 Å². The Morgan fingerprint density at radius 2 is 1.57 bits per heavy atom. The molecular formula is C40H48N3O3Si+. The van der Waals surface area contributed by atoms with Gasteiger partial charge >= 0.3 is 5.97 Å². The summed E-state index contributed by atoms with van der Waals surface area (Å²) in [5.74, 6) is -0.951. The van der Waals surface area contributed by atoms with E-state index in [1.807, 2.05) is 18.2 Å². The first-order chi connectivity index (χ1) is 21.9. The zero-order valence-corrected chi connectivity index (χ0v) is 30.6. The lowest BCUT2D eigenvalue weighted by molar-refractivity contribution is -0.137. The van der Waals surface area contributed by atoms with Crippen LogP contribution in [-0.4, -0.2) is 61.7 Å². The maximum absolute atomic E-state index is 14.1. The van der Waals surface area contributed by atoms with Gasteiger partial charge < -0.3 is 15.3 Å². The van der Waals surface area contributed by atoms with E-state index in [1.54, 1.807) is 11.9 Å². The fourth-order valence-electron chi connectivity index (χ4n) is 7.92. The minimum atomic E-state index is -2.26. The van der Waals surface area contributed by atoms with Crippen LogP contribution >= 0.6 is 0 Å². The van der Waals surface area contributed by atoms with Crippen LogP contribution in [0.2, 0.25) is 13.1 Å². The highest BCUT2D eigenvalue weighted by Crippen LogP contribution is 2.38. The van der Waals surface area contributed by atoms with E-state index in [1.165, 1.54) is 48.8 Å². The highest BCUT2D eigenvalue weighted by Gasteiger charge is 2.40. The SMILES string of the molecule is CC1=CC(C)(C)Nc2cc3c(cc21)C(c1ccccc1C(=O)N(C)CCCC(=O)O)=c1cc2c(cc1[Si]3(C)C)=[N+](C)C(C)(C)C=C2C. The predicted octanol–water partition coefficient (Wildman–Crippen LogP) is 4.93. The zero-order chi connectivity index (χ0) is 34.2. The highest BCUT2D eigenvalue weighted by atomic mass is 28.3. The van der Waals surface area contributed by atoms with Crippen LogP contribution in [-0.2, 0) is 4.79 Å². The third-order valence-electron chi connectivity index (χ3n) is 10.5. The third kappa shape index (κ3) is 5.48. The number of allylic oxidation sites excluding steroid dienone is 2. The largest absolute Gasteiger partial charge is 0.481 e. The van der Waals surface area contributed by atoms with Gasteiger partial charge in [-0.15, -0.1) is 0 Å². The van der Waals surface area contributed by atoms with Crippen molar-refractivity contribution >= 4 is 52.7 Å². The number of rotatable bonds is 6. The summed E-state index contributed by atoms with van der Waals surface area (Å²) in [7, 11) is 1.70. The lowest BCUT2D eigenvalue weighted by atomic mass is 9.85. The summed E-state index contributed by atoms with van der Waals surface area (Å²) in [4.78, 5) is 27.0. The molecule has 3 heterocycles. The quantitative estimate of drug-likeness (QED) is 0.295. The molecule has 3 aliphatic rings. The number of carbonyl (C=O) groups is 2. The van der Waals surface area contributed by atoms with Crippen molar-refractivity contribution in [2.75, 3.05) is 26.0 Å². The molecule has 0 aromatic heterocycles. The Morgan fingerprint density at radius 1 is 0.894 bits per heavy atom. The van der Waals surface area contributed by atoms with Gasteiger partial charge in [0.05, 0.1) is 5.54 Å². The maximum Gasteiger partial charge on any atom is 0.303 e. The molecule has 1 amide bonds. The summed E-state index contributed by atoms with van der Waals surface area (Å²) in [6, 6.07) is 17.5. The number of carbonyl (C=O) groups excluding carboxylic acids is 1. The Kier molecular flexibility index (Phi) is 7.78. The summed E-state index contributed by atoms with van der Waals surface area (Å²) < 4.78 is 2.39. The van der Waals surface area contributed by atoms with Crippen molar-refractivity contribution in [1.29, 1.82) is 0 Å². The smallest absolute Gasteiger partial charge is 0.303 e. The van der Waals surface area contributed by atoms with Gasteiger partial charge in [-0.3, -0.25) is 9.59 Å². The number of amides is 1. The summed E-state index contributed by atoms with van der Waals surface area (Å²) in [6.45, 7) is 18.6. The molecule has 244 valence electrons. The predicted molar refractivity (Wildman–Crippen MR) is 197 cm³/mol. The second-order valence-corrected chi connectivity index (χ2v) is 19.7. The van der Waals surface area contributed by atoms with Crippen molar-refractivity contribution in [2.24, 2.45) is 0 Å². The number of nitrogens with one attached hydrogen (secondary N) is 1. The van der Waals surface area contributed by atoms with Crippen molar-refractivity contribution in [3.8, 4) is 0 Å². The van der Waals surface area contributed by atoms with Crippen LogP contribution in [0.4, 0.5) is 5.69 Å². The van der Waals surface area contributed by atoms with Crippen LogP contribution in [0.3, 0.4) is 0 Å². The molecule has 47 heavy (non-hydrogen) atoms. The number of carboxylic acid groups (broad SMARTS) is 1. The second-order valence-electron chi connectivity index (χ2n) is 15.3. The second kappa shape index (κ2) is 11.2. The number of aliphatic carboxylic acids is 1. The topological polar surface area (TPSA) is 72.7 Å². The van der Waals surface area contributed by atoms with Gasteiger partial charge in [0, 0.05) is 62.3 Å². The maximum atomic E-state index is 14.1. The van der Waals surface area contributed by atoms with E-state index in [0.717, 1.165) is 16.8 Å². The van der Waals surface area contributed by atoms with E-state index in [-0.39, 0.29) is 23.4 Å². The molecule has 0 fully saturated rings. The van der Waals surface area contributed by atoms with Crippen molar-refractivity contribution in [3.63, 3.8) is 0 Å². The van der Waals surface area contributed by atoms with Crippen LogP contribution in [0.1, 0.15) is 87.0 Å². The molecule has 3 aliphatic heterocycles. The van der Waals surface area contributed by atoms with Crippen LogP contribution in [0, 0.1) is 0 Å². The number of hydrogen-bond donors (Lipinski definition) is 2. The number of anilines is 1. The van der Waals surface area contributed by atoms with Gasteiger partial charge in [0.15, 0.2) is 5.54 Å². The molecule has 3 aromatic rings. The number of benzene rings is 3. The molecule has 2 N–H and O–H groups in total. The first-order valence-electron chi connectivity index (χ1n) is 16.7. The monoisotopic (exact) mass is 646 g/mol. The van der Waals surface area contributed by atoms with Gasteiger partial charge in [-0.1, -0.05) is 37.4 Å². The van der Waals surface area contributed by atoms with Gasteiger partial charge in [0.2, 0.25) is 5.36 Å². The highest BCUT2D eigenvalue weighted by molar-refractivity contribution is 7.01. The average molecular weight is 647 g/mol. The number of carboxylic acids is 1. The molecule has 0 aliphatic carbocycles. The van der Waals surface area contributed by atoms with Crippen LogP contribution in [0.25, 0.3) is 16.7 Å². The number of likely N-dealkylation sites (N-methyl/N-ethyl adjacent to an activating group) is 1. The summed E-state index contributed by atoms with van der Waals surface area (Å²) >= 11 is 0. The van der Waals surface area contributed by atoms with Gasteiger partial charge in [-0.05, 0) is 108 Å². The standard InChI is InChI=1S/C40H47N3O3Si/c1-24-22-39(3,4)41-32-20-34-30(18-28(24)32)37(26-14-11-12-15-27(26)38(46)42(7)17-13-16-36(44)45)31-19-29-25(2)23-40(5,6)43(8)33(29)21-35(31)47(34,9)10/h11-12,14-15,18-23H,13,16-17H2,1-10H3,(H,44,45)/p+1. The fourth-order valence-corrected chi connectivity index (χ4v) is 11.0. The van der Waals surface area contributed by atoms with Gasteiger partial charge in [-0.25, -0.2) is 4.58 Å². The van der Waals surface area contributed by atoms with Crippen molar-refractivity contribution < 1.29 is 14.7 Å². The normalized spacial score (nSPS) is 18.1. The minimum absolute atomic E-state index is 0.0309. The number of fused-ring (bicyclic) bond motifs is 4. The molecule has 0 saturated carbocycles. The van der Waals surface area contributed by atoms with Crippen LogP contribution in [0.5, 0.6) is 0 Å². The molecule has 7 heteroatoms. The van der Waals surface area contributed by atoms with Crippen molar-refractivity contribution in [3.05, 3.63) is 99.1 Å². The van der Waals surface area contributed by atoms with Gasteiger partial charge in [-0.2, -0.15) is 0 Å². The van der Waals surface area contributed by atoms with Crippen LogP contribution in [0.15, 0.2) is 60.7 Å². The van der Waals surface area contributed by atoms with Crippen molar-refractivity contribution in [2.45, 2.75) is 78.6 Å². The molecule has 6 rings (SSSR count). The molecule has 0 saturated heterocycles. The molecule has 0 radical (unpaired) electrons. The molecule has 3 aromatic carbocycles. The third-order valence-corrected chi connectivity index (χ3v) is 14.0. The molecule has 0 spiro atoms. The number of nitrogens with zero attached hydrogens (tertiary/aromatic N) is 2. The lowest BCUT2D eigenvalue weighted by Crippen LogP contribution is -2.64. The first-order valence-corrected chi connectivity index (χ1v) is 19.7. The molecule has 0 bridgehead atoms. The Hall–Kier alpha value is -4.23. The zero-order valence-electron chi connectivity index (χ0n) is 29.6. The molecule has 0 unspecified atom stereocenters. The Labute approximate surface area is 279 Å². The number of hydrogen-bond acceptors (Lipinski definition) is 3. The molecule has 6 nitrogen and oxygen atoms in total. The Balaban J connectivity index is 1.70. The Bertz CT molecular complexity index is 2070. The minimum Gasteiger partial charge on any atom is -0.481 e. The summed E-state index contributed by atoms with van der Waals surface area (Å²) in [5, 5.41) is 18.2. The van der Waals surface area contributed by atoms with E-state index in [4.69, 9.17) is 0 Å². The molecule has 0 atom stereocenters. The molecular weight excluding hydrogens is 599 g/mol. The van der Waals surface area contributed by atoms with E-state index >= 15 is 0 Å². The van der Waals surface area contributed by atoms with Gasteiger partial charge in [0.25, 0.3) is 5.91 Å². The van der Waals surface area contributed by atoms with E-state index < -0.39 is 14.0 Å². The average Bonchev–Trinajstić information content (AvgIpc) is 2.98.